The largest absolute Gasteiger partial charge is 0.465 e. The zero-order valence-corrected chi connectivity index (χ0v) is 13.7. The fraction of sp³-hybridized carbons (Fsp3) is 0.556. The fourth-order valence-electron chi connectivity index (χ4n) is 2.94. The smallest absolute Gasteiger partial charge is 0.303 e. The second-order valence-electron chi connectivity index (χ2n) is 5.90. The third-order valence-corrected chi connectivity index (χ3v) is 4.00. The van der Waals surface area contributed by atoms with Crippen molar-refractivity contribution in [1.82, 2.24) is 0 Å². The van der Waals surface area contributed by atoms with E-state index in [2.05, 4.69) is 0 Å². The SMILES string of the molecule is CC(=O)OCC1CCC[C@H](OCc2ccccc2)[C@H]1OC(C)=O. The van der Waals surface area contributed by atoms with Gasteiger partial charge in [0.05, 0.1) is 19.3 Å². The standard InChI is InChI=1S/C18H24O5/c1-13(19)21-12-16-9-6-10-17(18(16)23-14(2)20)22-11-15-7-4-3-5-8-15/h3-5,7-8,16-18H,6,9-12H2,1-2H3/t16?,17-,18-/m0/s1. The molecular weight excluding hydrogens is 296 g/mol. The highest BCUT2D eigenvalue weighted by Gasteiger charge is 2.37. The molecule has 0 bridgehead atoms. The summed E-state index contributed by atoms with van der Waals surface area (Å²) in [4.78, 5) is 22.5. The first-order chi connectivity index (χ1) is 11.1. The van der Waals surface area contributed by atoms with Crippen LogP contribution in [-0.2, 0) is 30.4 Å². The third kappa shape index (κ3) is 5.67. The van der Waals surface area contributed by atoms with Crippen LogP contribution in [0.15, 0.2) is 30.3 Å². The minimum atomic E-state index is -0.371. The minimum absolute atomic E-state index is 0.0164. The number of carbonyl (C=O) groups excluding carboxylic acids is 2. The van der Waals surface area contributed by atoms with Crippen LogP contribution in [0.2, 0.25) is 0 Å². The summed E-state index contributed by atoms with van der Waals surface area (Å²) in [5.41, 5.74) is 1.08. The lowest BCUT2D eigenvalue weighted by molar-refractivity contribution is -0.171. The van der Waals surface area contributed by atoms with E-state index < -0.39 is 0 Å². The van der Waals surface area contributed by atoms with Gasteiger partial charge in [0.25, 0.3) is 0 Å². The van der Waals surface area contributed by atoms with Crippen molar-refractivity contribution in [2.75, 3.05) is 6.61 Å². The van der Waals surface area contributed by atoms with E-state index in [1.165, 1.54) is 13.8 Å². The summed E-state index contributed by atoms with van der Waals surface area (Å²) >= 11 is 0. The van der Waals surface area contributed by atoms with Crippen molar-refractivity contribution in [1.29, 1.82) is 0 Å². The van der Waals surface area contributed by atoms with Gasteiger partial charge in [0.1, 0.15) is 6.10 Å². The van der Waals surface area contributed by atoms with Crippen LogP contribution in [0.1, 0.15) is 38.7 Å². The average molecular weight is 320 g/mol. The van der Waals surface area contributed by atoms with Gasteiger partial charge in [-0.05, 0) is 18.4 Å². The van der Waals surface area contributed by atoms with Crippen molar-refractivity contribution in [2.45, 2.75) is 51.9 Å². The molecule has 0 N–H and O–H groups in total. The molecule has 0 amide bonds. The van der Waals surface area contributed by atoms with Crippen LogP contribution in [0.3, 0.4) is 0 Å². The number of ether oxygens (including phenoxy) is 3. The lowest BCUT2D eigenvalue weighted by atomic mass is 9.84. The molecule has 1 fully saturated rings. The first-order valence-electron chi connectivity index (χ1n) is 8.02. The monoisotopic (exact) mass is 320 g/mol. The van der Waals surface area contributed by atoms with E-state index in [0.717, 1.165) is 24.8 Å². The topological polar surface area (TPSA) is 61.8 Å². The van der Waals surface area contributed by atoms with E-state index in [1.54, 1.807) is 0 Å². The van der Waals surface area contributed by atoms with Crippen LogP contribution in [0.25, 0.3) is 0 Å². The first-order valence-corrected chi connectivity index (χ1v) is 8.02. The molecule has 0 saturated heterocycles. The molecule has 0 heterocycles. The Balaban J connectivity index is 1.99. The van der Waals surface area contributed by atoms with Crippen LogP contribution in [-0.4, -0.2) is 30.8 Å². The van der Waals surface area contributed by atoms with Crippen LogP contribution in [0.4, 0.5) is 0 Å². The molecular formula is C18H24O5. The summed E-state index contributed by atoms with van der Waals surface area (Å²) in [6.45, 7) is 3.51. The van der Waals surface area contributed by atoms with Gasteiger partial charge in [0, 0.05) is 19.8 Å². The summed E-state index contributed by atoms with van der Waals surface area (Å²) in [7, 11) is 0. The highest BCUT2D eigenvalue weighted by atomic mass is 16.6. The van der Waals surface area contributed by atoms with Crippen molar-refractivity contribution in [2.24, 2.45) is 5.92 Å². The molecule has 0 aromatic heterocycles. The van der Waals surface area contributed by atoms with Crippen LogP contribution in [0.5, 0.6) is 0 Å². The number of benzene rings is 1. The van der Waals surface area contributed by atoms with Gasteiger partial charge < -0.3 is 14.2 Å². The molecule has 1 aliphatic rings. The van der Waals surface area contributed by atoms with Crippen LogP contribution >= 0.6 is 0 Å². The maximum Gasteiger partial charge on any atom is 0.303 e. The molecule has 1 aliphatic carbocycles. The summed E-state index contributed by atoms with van der Waals surface area (Å²) in [6, 6.07) is 9.89. The molecule has 1 aromatic rings. The summed E-state index contributed by atoms with van der Waals surface area (Å²) < 4.78 is 16.6. The summed E-state index contributed by atoms with van der Waals surface area (Å²) in [5.74, 6) is -0.672. The Hall–Kier alpha value is -1.88. The highest BCUT2D eigenvalue weighted by molar-refractivity contribution is 5.66. The van der Waals surface area contributed by atoms with Gasteiger partial charge in [-0.1, -0.05) is 36.8 Å². The molecule has 126 valence electrons. The van der Waals surface area contributed by atoms with Crippen molar-refractivity contribution in [3.63, 3.8) is 0 Å². The molecule has 1 unspecified atom stereocenters. The molecule has 2 rings (SSSR count). The predicted molar refractivity (Wildman–Crippen MR) is 84.5 cm³/mol. The third-order valence-electron chi connectivity index (χ3n) is 4.00. The molecule has 0 spiro atoms. The van der Waals surface area contributed by atoms with E-state index in [0.29, 0.717) is 6.61 Å². The Labute approximate surface area is 136 Å². The molecule has 5 heteroatoms. The number of esters is 2. The molecule has 0 aliphatic heterocycles. The second-order valence-corrected chi connectivity index (χ2v) is 5.90. The Morgan fingerprint density at radius 1 is 1.09 bits per heavy atom. The van der Waals surface area contributed by atoms with Crippen LogP contribution < -0.4 is 0 Å². The number of carbonyl (C=O) groups is 2. The summed E-state index contributed by atoms with van der Waals surface area (Å²) in [6.07, 6.45) is 2.11. The van der Waals surface area contributed by atoms with Gasteiger partial charge in [-0.25, -0.2) is 0 Å². The number of hydrogen-bond acceptors (Lipinski definition) is 5. The summed E-state index contributed by atoms with van der Waals surface area (Å²) in [5, 5.41) is 0. The normalized spacial score (nSPS) is 24.0. The van der Waals surface area contributed by atoms with Crippen LogP contribution in [0, 0.1) is 5.92 Å². The van der Waals surface area contributed by atoms with Crippen molar-refractivity contribution in [3.05, 3.63) is 35.9 Å². The lowest BCUT2D eigenvalue weighted by Crippen LogP contribution is -2.44. The highest BCUT2D eigenvalue weighted by Crippen LogP contribution is 2.30. The van der Waals surface area contributed by atoms with Gasteiger partial charge in [0.15, 0.2) is 0 Å². The predicted octanol–water partition coefficient (Wildman–Crippen LogP) is 2.87. The van der Waals surface area contributed by atoms with Crippen molar-refractivity contribution >= 4 is 11.9 Å². The molecule has 5 nitrogen and oxygen atoms in total. The Morgan fingerprint density at radius 2 is 1.83 bits per heavy atom. The van der Waals surface area contributed by atoms with Crippen molar-refractivity contribution in [3.8, 4) is 0 Å². The van der Waals surface area contributed by atoms with E-state index >= 15 is 0 Å². The van der Waals surface area contributed by atoms with E-state index in [-0.39, 0.29) is 36.7 Å². The number of rotatable bonds is 6. The van der Waals surface area contributed by atoms with Gasteiger partial charge in [-0.15, -0.1) is 0 Å². The number of hydrogen-bond donors (Lipinski definition) is 0. The Morgan fingerprint density at radius 3 is 2.48 bits per heavy atom. The maximum atomic E-state index is 11.4. The molecule has 1 aromatic carbocycles. The van der Waals surface area contributed by atoms with Gasteiger partial charge >= 0.3 is 11.9 Å². The minimum Gasteiger partial charge on any atom is -0.465 e. The molecule has 1 saturated carbocycles. The van der Waals surface area contributed by atoms with E-state index in [9.17, 15) is 9.59 Å². The van der Waals surface area contributed by atoms with Gasteiger partial charge in [0.2, 0.25) is 0 Å². The lowest BCUT2D eigenvalue weighted by Gasteiger charge is -2.36. The zero-order valence-electron chi connectivity index (χ0n) is 13.7. The fourth-order valence-corrected chi connectivity index (χ4v) is 2.94. The Kier molecular flexibility index (Phi) is 6.59. The molecule has 0 radical (unpaired) electrons. The van der Waals surface area contributed by atoms with Crippen molar-refractivity contribution < 1.29 is 23.8 Å². The zero-order chi connectivity index (χ0) is 16.7. The second kappa shape index (κ2) is 8.67. The first kappa shape index (κ1) is 17.5. The van der Waals surface area contributed by atoms with Gasteiger partial charge in [-0.2, -0.15) is 0 Å². The molecule has 3 atom stereocenters. The average Bonchev–Trinajstić information content (AvgIpc) is 2.53. The van der Waals surface area contributed by atoms with E-state index in [4.69, 9.17) is 14.2 Å². The Bertz CT molecular complexity index is 513. The quantitative estimate of drug-likeness (QED) is 0.754. The van der Waals surface area contributed by atoms with E-state index in [1.807, 2.05) is 30.3 Å². The molecule has 23 heavy (non-hydrogen) atoms. The van der Waals surface area contributed by atoms with Gasteiger partial charge in [-0.3, -0.25) is 9.59 Å². The maximum absolute atomic E-state index is 11.4.